The summed E-state index contributed by atoms with van der Waals surface area (Å²) in [5, 5.41) is 12.5. The van der Waals surface area contributed by atoms with E-state index in [1.165, 1.54) is 0 Å². The molecule has 0 radical (unpaired) electrons. The van der Waals surface area contributed by atoms with Gasteiger partial charge in [-0.2, -0.15) is 0 Å². The lowest BCUT2D eigenvalue weighted by molar-refractivity contribution is -0.152. The molecule has 116 valence electrons. The topological polar surface area (TPSA) is 66.4 Å². The monoisotopic (exact) mass is 283 g/mol. The van der Waals surface area contributed by atoms with Crippen molar-refractivity contribution < 1.29 is 14.7 Å². The molecule has 20 heavy (non-hydrogen) atoms. The van der Waals surface area contributed by atoms with Crippen LogP contribution in [0.2, 0.25) is 0 Å². The fourth-order valence-electron chi connectivity index (χ4n) is 3.08. The summed E-state index contributed by atoms with van der Waals surface area (Å²) in [6.07, 6.45) is 7.53. The van der Waals surface area contributed by atoms with Gasteiger partial charge in [-0.05, 0) is 18.8 Å². The first kappa shape index (κ1) is 17.0. The normalized spacial score (nSPS) is 18.6. The summed E-state index contributed by atoms with van der Waals surface area (Å²) < 4.78 is 0. The van der Waals surface area contributed by atoms with Crippen molar-refractivity contribution in [2.75, 3.05) is 6.54 Å². The molecule has 1 amide bonds. The third-order valence-corrected chi connectivity index (χ3v) is 4.76. The summed E-state index contributed by atoms with van der Waals surface area (Å²) in [5.74, 6) is -0.396. The highest BCUT2D eigenvalue weighted by Crippen LogP contribution is 2.38. The van der Waals surface area contributed by atoms with Crippen LogP contribution >= 0.6 is 0 Å². The van der Waals surface area contributed by atoms with E-state index in [0.29, 0.717) is 25.3 Å². The molecule has 0 aliphatic heterocycles. The summed E-state index contributed by atoms with van der Waals surface area (Å²) in [5.41, 5.74) is -0.825. The second kappa shape index (κ2) is 8.28. The van der Waals surface area contributed by atoms with Crippen LogP contribution in [-0.2, 0) is 9.59 Å². The van der Waals surface area contributed by atoms with Crippen molar-refractivity contribution in [1.82, 2.24) is 5.32 Å². The van der Waals surface area contributed by atoms with E-state index in [1.807, 2.05) is 0 Å². The lowest BCUT2D eigenvalue weighted by Gasteiger charge is -2.27. The Morgan fingerprint density at radius 2 is 1.65 bits per heavy atom. The number of carbonyl (C=O) groups excluding carboxylic acids is 1. The highest BCUT2D eigenvalue weighted by molar-refractivity contribution is 5.85. The first-order valence-corrected chi connectivity index (χ1v) is 8.04. The molecule has 2 N–H and O–H groups in total. The Morgan fingerprint density at radius 1 is 1.10 bits per heavy atom. The van der Waals surface area contributed by atoms with E-state index in [-0.39, 0.29) is 12.3 Å². The van der Waals surface area contributed by atoms with E-state index in [0.717, 1.165) is 38.5 Å². The SMILES string of the molecule is CCC(CC)CNC(=O)CC1(C(=O)O)CCCCCC1. The molecule has 1 rings (SSSR count). The van der Waals surface area contributed by atoms with Crippen molar-refractivity contribution in [3.05, 3.63) is 0 Å². The maximum atomic E-state index is 12.1. The van der Waals surface area contributed by atoms with E-state index in [9.17, 15) is 14.7 Å². The zero-order chi connectivity index (χ0) is 15.0. The van der Waals surface area contributed by atoms with Crippen LogP contribution in [0.5, 0.6) is 0 Å². The molecule has 4 heteroatoms. The minimum Gasteiger partial charge on any atom is -0.481 e. The van der Waals surface area contributed by atoms with E-state index in [4.69, 9.17) is 0 Å². The van der Waals surface area contributed by atoms with Gasteiger partial charge in [0.05, 0.1) is 5.41 Å². The number of carboxylic acid groups (broad SMARTS) is 1. The lowest BCUT2D eigenvalue weighted by atomic mass is 9.77. The Bertz CT molecular complexity index is 316. The highest BCUT2D eigenvalue weighted by Gasteiger charge is 2.40. The fourth-order valence-corrected chi connectivity index (χ4v) is 3.08. The number of amides is 1. The van der Waals surface area contributed by atoms with Gasteiger partial charge in [-0.25, -0.2) is 0 Å². The van der Waals surface area contributed by atoms with Crippen LogP contribution in [0.1, 0.15) is 71.6 Å². The van der Waals surface area contributed by atoms with Crippen molar-refractivity contribution in [1.29, 1.82) is 0 Å². The van der Waals surface area contributed by atoms with E-state index >= 15 is 0 Å². The van der Waals surface area contributed by atoms with Gasteiger partial charge in [0.1, 0.15) is 0 Å². The van der Waals surface area contributed by atoms with Crippen LogP contribution in [0.15, 0.2) is 0 Å². The number of rotatable bonds is 7. The summed E-state index contributed by atoms with van der Waals surface area (Å²) in [6, 6.07) is 0. The zero-order valence-electron chi connectivity index (χ0n) is 12.9. The van der Waals surface area contributed by atoms with Crippen LogP contribution in [0.25, 0.3) is 0 Å². The van der Waals surface area contributed by atoms with Gasteiger partial charge in [-0.1, -0.05) is 52.4 Å². The van der Waals surface area contributed by atoms with Gasteiger partial charge in [0, 0.05) is 13.0 Å². The molecule has 0 spiro atoms. The molecule has 1 saturated carbocycles. The number of nitrogens with one attached hydrogen (secondary N) is 1. The minimum absolute atomic E-state index is 0.0961. The largest absolute Gasteiger partial charge is 0.481 e. The van der Waals surface area contributed by atoms with Gasteiger partial charge in [0.25, 0.3) is 0 Å². The molecule has 1 aliphatic rings. The second-order valence-corrected chi connectivity index (χ2v) is 6.16. The summed E-state index contributed by atoms with van der Waals surface area (Å²) in [6.45, 7) is 4.90. The third-order valence-electron chi connectivity index (χ3n) is 4.76. The number of hydrogen-bond donors (Lipinski definition) is 2. The summed E-state index contributed by atoms with van der Waals surface area (Å²) in [4.78, 5) is 23.7. The molecule has 0 aromatic rings. The van der Waals surface area contributed by atoms with Gasteiger partial charge in [-0.15, -0.1) is 0 Å². The number of hydrogen-bond acceptors (Lipinski definition) is 2. The lowest BCUT2D eigenvalue weighted by Crippen LogP contribution is -2.38. The van der Waals surface area contributed by atoms with Crippen LogP contribution in [0.3, 0.4) is 0 Å². The first-order valence-electron chi connectivity index (χ1n) is 8.04. The quantitative estimate of drug-likeness (QED) is 0.704. The molecule has 0 aromatic carbocycles. The standard InChI is InChI=1S/C16H29NO3/c1-3-13(4-2)12-17-14(18)11-16(15(19)20)9-7-5-6-8-10-16/h13H,3-12H2,1-2H3,(H,17,18)(H,19,20). The average Bonchev–Trinajstić information content (AvgIpc) is 2.66. The predicted octanol–water partition coefficient (Wildman–Crippen LogP) is 3.35. The van der Waals surface area contributed by atoms with Crippen molar-refractivity contribution in [3.63, 3.8) is 0 Å². The van der Waals surface area contributed by atoms with Gasteiger partial charge in [0.15, 0.2) is 0 Å². The Morgan fingerprint density at radius 3 is 2.10 bits per heavy atom. The Hall–Kier alpha value is -1.06. The molecular weight excluding hydrogens is 254 g/mol. The number of carboxylic acids is 1. The van der Waals surface area contributed by atoms with Crippen LogP contribution in [0.4, 0.5) is 0 Å². The van der Waals surface area contributed by atoms with Crippen molar-refractivity contribution in [2.24, 2.45) is 11.3 Å². The maximum absolute atomic E-state index is 12.1. The van der Waals surface area contributed by atoms with Gasteiger partial charge in [0.2, 0.25) is 5.91 Å². The van der Waals surface area contributed by atoms with Gasteiger partial charge < -0.3 is 10.4 Å². The Labute approximate surface area is 122 Å². The van der Waals surface area contributed by atoms with Crippen LogP contribution in [0, 0.1) is 11.3 Å². The van der Waals surface area contributed by atoms with Crippen molar-refractivity contribution in [2.45, 2.75) is 71.6 Å². The molecule has 0 bridgehead atoms. The van der Waals surface area contributed by atoms with E-state index < -0.39 is 11.4 Å². The van der Waals surface area contributed by atoms with Crippen LogP contribution < -0.4 is 5.32 Å². The van der Waals surface area contributed by atoms with Crippen molar-refractivity contribution >= 4 is 11.9 Å². The third kappa shape index (κ3) is 4.80. The average molecular weight is 283 g/mol. The maximum Gasteiger partial charge on any atom is 0.310 e. The Kier molecular flexibility index (Phi) is 7.03. The van der Waals surface area contributed by atoms with Crippen molar-refractivity contribution in [3.8, 4) is 0 Å². The van der Waals surface area contributed by atoms with E-state index in [2.05, 4.69) is 19.2 Å². The predicted molar refractivity (Wildman–Crippen MR) is 79.5 cm³/mol. The highest BCUT2D eigenvalue weighted by atomic mass is 16.4. The van der Waals surface area contributed by atoms with Crippen LogP contribution in [-0.4, -0.2) is 23.5 Å². The van der Waals surface area contributed by atoms with Gasteiger partial charge >= 0.3 is 5.97 Å². The molecule has 0 unspecified atom stereocenters. The molecule has 1 fully saturated rings. The zero-order valence-corrected chi connectivity index (χ0v) is 12.9. The molecule has 4 nitrogen and oxygen atoms in total. The molecular formula is C16H29NO3. The first-order chi connectivity index (χ1) is 9.54. The molecule has 0 atom stereocenters. The fraction of sp³-hybridized carbons (Fsp3) is 0.875. The summed E-state index contributed by atoms with van der Waals surface area (Å²) >= 11 is 0. The smallest absolute Gasteiger partial charge is 0.310 e. The molecule has 1 aliphatic carbocycles. The second-order valence-electron chi connectivity index (χ2n) is 6.16. The summed E-state index contributed by atoms with van der Waals surface area (Å²) in [7, 11) is 0. The number of aliphatic carboxylic acids is 1. The van der Waals surface area contributed by atoms with E-state index in [1.54, 1.807) is 0 Å². The van der Waals surface area contributed by atoms with Gasteiger partial charge in [-0.3, -0.25) is 9.59 Å². The number of carbonyl (C=O) groups is 2. The Balaban J connectivity index is 2.56. The molecule has 0 saturated heterocycles. The molecule has 0 heterocycles. The molecule has 0 aromatic heterocycles. The minimum atomic E-state index is -0.825.